The van der Waals surface area contributed by atoms with Gasteiger partial charge in [0.1, 0.15) is 0 Å². The molecule has 3 amide bonds. The van der Waals surface area contributed by atoms with Gasteiger partial charge in [0.2, 0.25) is 16.1 Å². The van der Waals surface area contributed by atoms with Crippen LogP contribution in [0.15, 0.2) is 54.6 Å². The third-order valence-corrected chi connectivity index (χ3v) is 4.06. The minimum absolute atomic E-state index is 0.00789. The molecule has 0 aliphatic carbocycles. The number of anilines is 1. The molecule has 148 valence electrons. The van der Waals surface area contributed by atoms with Crippen LogP contribution in [-0.2, 0) is 19.6 Å². The second-order valence-corrected chi connectivity index (χ2v) is 7.43. The van der Waals surface area contributed by atoms with Gasteiger partial charge in [0, 0.05) is 12.6 Å². The average molecular weight is 405 g/mol. The van der Waals surface area contributed by atoms with Crippen molar-refractivity contribution in [3.05, 3.63) is 65.7 Å². The van der Waals surface area contributed by atoms with Gasteiger partial charge in [-0.2, -0.15) is 0 Å². The maximum atomic E-state index is 12.7. The lowest BCUT2D eigenvalue weighted by Gasteiger charge is -2.18. The molecule has 1 atom stereocenters. The number of rotatable bonds is 6. The van der Waals surface area contributed by atoms with Gasteiger partial charge in [0.15, 0.2) is 0 Å². The first kappa shape index (κ1) is 20.9. The summed E-state index contributed by atoms with van der Waals surface area (Å²) in [6, 6.07) is 13.2. The van der Waals surface area contributed by atoms with Crippen LogP contribution in [0.3, 0.4) is 0 Å². The zero-order valence-electron chi connectivity index (χ0n) is 15.1. The summed E-state index contributed by atoms with van der Waals surface area (Å²) in [4.78, 5) is 36.6. The van der Waals surface area contributed by atoms with E-state index in [0.717, 1.165) is 6.26 Å². The summed E-state index contributed by atoms with van der Waals surface area (Å²) in [6.07, 6.45) is -0.476. The fourth-order valence-electron chi connectivity index (χ4n) is 2.26. The molecule has 2 aromatic rings. The normalized spacial score (nSPS) is 11.8. The van der Waals surface area contributed by atoms with E-state index in [2.05, 4.69) is 15.4 Å². The molecule has 0 radical (unpaired) electrons. The van der Waals surface area contributed by atoms with Gasteiger partial charge in [-0.3, -0.25) is 14.8 Å². The molecule has 0 fully saturated rings. The zero-order valence-corrected chi connectivity index (χ0v) is 15.9. The Morgan fingerprint density at radius 1 is 0.964 bits per heavy atom. The smallest absolute Gasteiger partial charge is 0.341 e. The summed E-state index contributed by atoms with van der Waals surface area (Å²) in [5.41, 5.74) is 0.265. The molecule has 3 N–H and O–H groups in total. The van der Waals surface area contributed by atoms with Crippen molar-refractivity contribution in [2.75, 3.05) is 18.0 Å². The highest BCUT2D eigenvalue weighted by Gasteiger charge is 2.28. The van der Waals surface area contributed by atoms with Crippen molar-refractivity contribution in [3.63, 3.8) is 0 Å². The van der Waals surface area contributed by atoms with Crippen molar-refractivity contribution in [1.29, 1.82) is 0 Å². The van der Waals surface area contributed by atoms with Gasteiger partial charge < -0.3 is 10.1 Å². The Balaban J connectivity index is 2.33. The van der Waals surface area contributed by atoms with E-state index < -0.39 is 34.0 Å². The van der Waals surface area contributed by atoms with Crippen LogP contribution in [0.25, 0.3) is 0 Å². The number of hydrogen-bond acceptors (Lipinski definition) is 6. The number of para-hydroxylation sites is 1. The summed E-state index contributed by atoms with van der Waals surface area (Å²) in [5, 5.41) is 4.29. The second kappa shape index (κ2) is 9.00. The molecule has 9 nitrogen and oxygen atoms in total. The van der Waals surface area contributed by atoms with Crippen LogP contribution >= 0.6 is 0 Å². The number of hydrogen-bond donors (Lipinski definition) is 3. The Labute approximate surface area is 162 Å². The molecule has 2 rings (SSSR count). The quantitative estimate of drug-likeness (QED) is 0.623. The standard InChI is InChI=1S/C18H19N3O6S/c1-19-18(24)20-16(22)15(12-8-4-3-5-9-12)27-17(23)13-10-6-7-11-14(13)21-28(2,25)26/h3-11,15,21H,1-2H3,(H2,19,20,22,24)/t15-/m0/s1. The number of esters is 1. The first-order chi connectivity index (χ1) is 13.2. The highest BCUT2D eigenvalue weighted by molar-refractivity contribution is 7.92. The van der Waals surface area contributed by atoms with E-state index >= 15 is 0 Å². The topological polar surface area (TPSA) is 131 Å². The molecule has 0 saturated heterocycles. The molecule has 2 aromatic carbocycles. The van der Waals surface area contributed by atoms with E-state index in [1.54, 1.807) is 30.3 Å². The van der Waals surface area contributed by atoms with E-state index in [1.807, 2.05) is 0 Å². The number of imide groups is 1. The van der Waals surface area contributed by atoms with Gasteiger partial charge in [-0.1, -0.05) is 42.5 Å². The maximum Gasteiger partial charge on any atom is 0.341 e. The second-order valence-electron chi connectivity index (χ2n) is 5.68. The Kier molecular flexibility index (Phi) is 6.72. The number of sulfonamides is 1. The van der Waals surface area contributed by atoms with Crippen molar-refractivity contribution >= 4 is 33.6 Å². The molecule has 0 aliphatic heterocycles. The number of benzene rings is 2. The first-order valence-electron chi connectivity index (χ1n) is 8.06. The largest absolute Gasteiger partial charge is 0.444 e. The fourth-order valence-corrected chi connectivity index (χ4v) is 2.84. The monoisotopic (exact) mass is 405 g/mol. The third-order valence-electron chi connectivity index (χ3n) is 3.47. The Bertz CT molecular complexity index is 976. The predicted molar refractivity (Wildman–Crippen MR) is 102 cm³/mol. The number of carbonyl (C=O) groups excluding carboxylic acids is 3. The summed E-state index contributed by atoms with van der Waals surface area (Å²) >= 11 is 0. The molecule has 0 bridgehead atoms. The first-order valence-corrected chi connectivity index (χ1v) is 9.95. The Morgan fingerprint density at radius 3 is 2.18 bits per heavy atom. The van der Waals surface area contributed by atoms with E-state index in [-0.39, 0.29) is 11.3 Å². The molecule has 10 heteroatoms. The molecule has 0 spiro atoms. The third kappa shape index (κ3) is 5.81. The van der Waals surface area contributed by atoms with Crippen LogP contribution in [-0.4, -0.2) is 39.6 Å². The molecular weight excluding hydrogens is 386 g/mol. The van der Waals surface area contributed by atoms with Crippen molar-refractivity contribution in [3.8, 4) is 0 Å². The van der Waals surface area contributed by atoms with Crippen molar-refractivity contribution in [2.45, 2.75) is 6.10 Å². The van der Waals surface area contributed by atoms with E-state index in [9.17, 15) is 22.8 Å². The molecule has 28 heavy (non-hydrogen) atoms. The number of urea groups is 1. The summed E-state index contributed by atoms with van der Waals surface area (Å²) in [7, 11) is -2.31. The highest BCUT2D eigenvalue weighted by Crippen LogP contribution is 2.23. The van der Waals surface area contributed by atoms with Gasteiger partial charge in [-0.05, 0) is 12.1 Å². The van der Waals surface area contributed by atoms with Gasteiger partial charge >= 0.3 is 12.0 Å². The Morgan fingerprint density at radius 2 is 1.57 bits per heavy atom. The van der Waals surface area contributed by atoms with Crippen LogP contribution in [0.4, 0.5) is 10.5 Å². The minimum Gasteiger partial charge on any atom is -0.444 e. The molecule has 0 heterocycles. The maximum absolute atomic E-state index is 12.7. The average Bonchev–Trinajstić information content (AvgIpc) is 2.65. The lowest BCUT2D eigenvalue weighted by Crippen LogP contribution is -2.41. The van der Waals surface area contributed by atoms with Crippen LogP contribution in [0.5, 0.6) is 0 Å². The predicted octanol–water partition coefficient (Wildman–Crippen LogP) is 1.41. The van der Waals surface area contributed by atoms with Crippen molar-refractivity contribution in [1.82, 2.24) is 10.6 Å². The molecular formula is C18H19N3O6S. The molecule has 0 aromatic heterocycles. The van der Waals surface area contributed by atoms with Gasteiger partial charge in [0.05, 0.1) is 17.5 Å². The summed E-state index contributed by atoms with van der Waals surface area (Å²) in [5.74, 6) is -1.79. The number of amides is 3. The van der Waals surface area contributed by atoms with Gasteiger partial charge in [-0.15, -0.1) is 0 Å². The van der Waals surface area contributed by atoms with Crippen LogP contribution in [0.2, 0.25) is 0 Å². The zero-order chi connectivity index (χ0) is 20.7. The number of nitrogens with one attached hydrogen (secondary N) is 3. The minimum atomic E-state index is -3.64. The van der Waals surface area contributed by atoms with Crippen molar-refractivity contribution < 1.29 is 27.5 Å². The number of ether oxygens (including phenoxy) is 1. The van der Waals surface area contributed by atoms with E-state index in [0.29, 0.717) is 5.56 Å². The fraction of sp³-hybridized carbons (Fsp3) is 0.167. The van der Waals surface area contributed by atoms with Gasteiger partial charge in [0.25, 0.3) is 5.91 Å². The number of carbonyl (C=O) groups is 3. The van der Waals surface area contributed by atoms with Crippen LogP contribution in [0, 0.1) is 0 Å². The van der Waals surface area contributed by atoms with E-state index in [1.165, 1.54) is 31.3 Å². The lowest BCUT2D eigenvalue weighted by atomic mass is 10.1. The molecule has 0 aliphatic rings. The van der Waals surface area contributed by atoms with Crippen LogP contribution < -0.4 is 15.4 Å². The SMILES string of the molecule is CNC(=O)NC(=O)[C@@H](OC(=O)c1ccccc1NS(C)(=O)=O)c1ccccc1. The highest BCUT2D eigenvalue weighted by atomic mass is 32.2. The van der Waals surface area contributed by atoms with E-state index in [4.69, 9.17) is 4.74 Å². The summed E-state index contributed by atoms with van der Waals surface area (Å²) in [6.45, 7) is 0. The van der Waals surface area contributed by atoms with Gasteiger partial charge in [-0.25, -0.2) is 18.0 Å². The van der Waals surface area contributed by atoms with Crippen molar-refractivity contribution in [2.24, 2.45) is 0 Å². The Hall–Kier alpha value is -3.40. The van der Waals surface area contributed by atoms with Crippen LogP contribution in [0.1, 0.15) is 22.0 Å². The summed E-state index contributed by atoms with van der Waals surface area (Å²) < 4.78 is 30.6. The molecule has 0 unspecified atom stereocenters. The lowest BCUT2D eigenvalue weighted by molar-refractivity contribution is -0.129. The molecule has 0 saturated carbocycles.